The molecular formula is C8H7FIN3O2S. The van der Waals surface area contributed by atoms with E-state index < -0.39 is 10.2 Å². The van der Waals surface area contributed by atoms with Gasteiger partial charge in [-0.25, -0.2) is 0 Å². The zero-order chi connectivity index (χ0) is 12.3. The van der Waals surface area contributed by atoms with Crippen LogP contribution in [0.4, 0.5) is 3.89 Å². The van der Waals surface area contributed by atoms with Gasteiger partial charge in [0.1, 0.15) is 4.90 Å². The summed E-state index contributed by atoms with van der Waals surface area (Å²) in [5.41, 5.74) is 8.96. The molecule has 0 saturated heterocycles. The summed E-state index contributed by atoms with van der Waals surface area (Å²) in [6.45, 7) is 1.51. The highest BCUT2D eigenvalue weighted by Crippen LogP contribution is 2.24. The minimum absolute atomic E-state index is 0.00466. The highest BCUT2D eigenvalue weighted by molar-refractivity contribution is 14.1. The van der Waals surface area contributed by atoms with Gasteiger partial charge < -0.3 is 0 Å². The van der Waals surface area contributed by atoms with Crippen molar-refractivity contribution in [2.24, 2.45) is 5.11 Å². The first kappa shape index (κ1) is 13.2. The Balaban J connectivity index is 3.39. The summed E-state index contributed by atoms with van der Waals surface area (Å²) in [4.78, 5) is 2.18. The van der Waals surface area contributed by atoms with Crippen LogP contribution >= 0.6 is 22.6 Å². The van der Waals surface area contributed by atoms with Crippen LogP contribution in [-0.2, 0) is 16.8 Å². The van der Waals surface area contributed by atoms with Crippen LogP contribution < -0.4 is 0 Å². The first-order valence-corrected chi connectivity index (χ1v) is 6.57. The maximum atomic E-state index is 12.9. The Hall–Kier alpha value is -0.860. The van der Waals surface area contributed by atoms with Gasteiger partial charge in [0, 0.05) is 8.48 Å². The molecule has 1 rings (SSSR count). The number of hydrogen-bond acceptors (Lipinski definition) is 3. The van der Waals surface area contributed by atoms with E-state index in [2.05, 4.69) is 10.0 Å². The van der Waals surface area contributed by atoms with Gasteiger partial charge in [-0.05, 0) is 58.3 Å². The van der Waals surface area contributed by atoms with Crippen LogP contribution in [0.2, 0.25) is 0 Å². The van der Waals surface area contributed by atoms with Crippen LogP contribution in [0.15, 0.2) is 22.1 Å². The van der Waals surface area contributed by atoms with Crippen molar-refractivity contribution in [1.82, 2.24) is 0 Å². The molecule has 0 aliphatic heterocycles. The van der Waals surface area contributed by atoms with E-state index in [9.17, 15) is 12.3 Å². The van der Waals surface area contributed by atoms with Crippen molar-refractivity contribution >= 4 is 32.8 Å². The molecule has 0 aliphatic rings. The molecule has 0 bridgehead atoms. The molecule has 0 fully saturated rings. The molecule has 0 saturated carbocycles. The zero-order valence-electron chi connectivity index (χ0n) is 8.18. The van der Waals surface area contributed by atoms with Crippen molar-refractivity contribution in [3.63, 3.8) is 0 Å². The lowest BCUT2D eigenvalue weighted by molar-refractivity contribution is 0.551. The molecule has 0 heterocycles. The van der Waals surface area contributed by atoms with Gasteiger partial charge in [-0.1, -0.05) is 5.11 Å². The molecular weight excluding hydrogens is 348 g/mol. The van der Waals surface area contributed by atoms with E-state index in [0.29, 0.717) is 14.7 Å². The lowest BCUT2D eigenvalue weighted by atomic mass is 10.1. The third kappa shape index (κ3) is 3.06. The molecule has 0 radical (unpaired) electrons. The minimum Gasteiger partial charge on any atom is -0.189 e. The summed E-state index contributed by atoms with van der Waals surface area (Å²) in [5.74, 6) is 0. The highest BCUT2D eigenvalue weighted by Gasteiger charge is 2.17. The van der Waals surface area contributed by atoms with Crippen LogP contribution in [0.5, 0.6) is 0 Å². The molecule has 0 aromatic heterocycles. The van der Waals surface area contributed by atoms with Crippen LogP contribution in [0.1, 0.15) is 11.1 Å². The molecule has 0 spiro atoms. The van der Waals surface area contributed by atoms with E-state index in [1.807, 2.05) is 22.6 Å². The van der Waals surface area contributed by atoms with E-state index >= 15 is 0 Å². The fraction of sp³-hybridized carbons (Fsp3) is 0.250. The lowest BCUT2D eigenvalue weighted by Crippen LogP contribution is -1.99. The Labute approximate surface area is 106 Å². The maximum Gasteiger partial charge on any atom is 0.332 e. The number of benzene rings is 1. The summed E-state index contributed by atoms with van der Waals surface area (Å²) >= 11 is 1.90. The standard InChI is InChI=1S/C8H7FIN3O2S/c1-5-7(10)2-6(4-12-13-11)3-8(5)16(9,14)15/h2-3H,4H2,1H3. The van der Waals surface area contributed by atoms with Crippen molar-refractivity contribution < 1.29 is 12.3 Å². The largest absolute Gasteiger partial charge is 0.332 e. The topological polar surface area (TPSA) is 82.9 Å². The van der Waals surface area contributed by atoms with Crippen molar-refractivity contribution in [2.75, 3.05) is 0 Å². The summed E-state index contributed by atoms with van der Waals surface area (Å²) in [5, 5.41) is 3.30. The zero-order valence-corrected chi connectivity index (χ0v) is 11.2. The summed E-state index contributed by atoms with van der Waals surface area (Å²) < 4.78 is 35.3. The van der Waals surface area contributed by atoms with Gasteiger partial charge in [-0.2, -0.15) is 8.42 Å². The first-order valence-electron chi connectivity index (χ1n) is 4.11. The van der Waals surface area contributed by atoms with Crippen molar-refractivity contribution in [3.05, 3.63) is 37.3 Å². The normalized spacial score (nSPS) is 10.9. The second-order valence-electron chi connectivity index (χ2n) is 3.03. The third-order valence-corrected chi connectivity index (χ3v) is 4.01. The van der Waals surface area contributed by atoms with Crippen LogP contribution in [0, 0.1) is 10.5 Å². The molecule has 0 unspecified atom stereocenters. The summed E-state index contributed by atoms with van der Waals surface area (Å²) in [7, 11) is -4.74. The highest BCUT2D eigenvalue weighted by atomic mass is 127. The molecule has 5 nitrogen and oxygen atoms in total. The molecule has 86 valence electrons. The fourth-order valence-corrected chi connectivity index (χ4v) is 2.81. The Morgan fingerprint density at radius 2 is 2.19 bits per heavy atom. The average molecular weight is 355 g/mol. The van der Waals surface area contributed by atoms with Crippen LogP contribution in [0.25, 0.3) is 10.4 Å². The van der Waals surface area contributed by atoms with Crippen molar-refractivity contribution in [2.45, 2.75) is 18.4 Å². The van der Waals surface area contributed by atoms with E-state index in [0.717, 1.165) is 0 Å². The number of hydrogen-bond donors (Lipinski definition) is 0. The third-order valence-electron chi connectivity index (χ3n) is 1.94. The molecule has 1 aromatic rings. The van der Waals surface area contributed by atoms with Crippen LogP contribution in [-0.4, -0.2) is 8.42 Å². The summed E-state index contributed by atoms with van der Waals surface area (Å²) in [6.07, 6.45) is 0. The molecule has 16 heavy (non-hydrogen) atoms. The minimum atomic E-state index is -4.74. The van der Waals surface area contributed by atoms with E-state index in [4.69, 9.17) is 5.53 Å². The number of azide groups is 1. The second kappa shape index (κ2) is 4.98. The van der Waals surface area contributed by atoms with Gasteiger partial charge in [0.2, 0.25) is 0 Å². The smallest absolute Gasteiger partial charge is 0.189 e. The second-order valence-corrected chi connectivity index (χ2v) is 5.51. The molecule has 1 aromatic carbocycles. The fourth-order valence-electron chi connectivity index (χ4n) is 1.16. The van der Waals surface area contributed by atoms with Gasteiger partial charge in [0.15, 0.2) is 0 Å². The Morgan fingerprint density at radius 1 is 1.56 bits per heavy atom. The number of nitrogens with zero attached hydrogens (tertiary/aromatic N) is 3. The van der Waals surface area contributed by atoms with Gasteiger partial charge >= 0.3 is 10.2 Å². The SMILES string of the molecule is Cc1c(I)cc(CN=[N+]=[N-])cc1S(=O)(=O)F. The monoisotopic (exact) mass is 355 g/mol. The number of halogens is 2. The molecule has 0 aliphatic carbocycles. The Kier molecular flexibility index (Phi) is 4.11. The van der Waals surface area contributed by atoms with Gasteiger partial charge in [-0.3, -0.25) is 0 Å². The number of rotatable bonds is 3. The summed E-state index contributed by atoms with van der Waals surface area (Å²) in [6, 6.07) is 2.83. The lowest BCUT2D eigenvalue weighted by Gasteiger charge is -2.06. The average Bonchev–Trinajstić information content (AvgIpc) is 2.17. The predicted octanol–water partition coefficient (Wildman–Crippen LogP) is 3.07. The van der Waals surface area contributed by atoms with Gasteiger partial charge in [-0.15, -0.1) is 3.89 Å². The van der Waals surface area contributed by atoms with Gasteiger partial charge in [0.25, 0.3) is 0 Å². The van der Waals surface area contributed by atoms with E-state index in [1.54, 1.807) is 6.07 Å². The Bertz CT molecular complexity index is 567. The van der Waals surface area contributed by atoms with E-state index in [-0.39, 0.29) is 11.4 Å². The van der Waals surface area contributed by atoms with Crippen molar-refractivity contribution in [1.29, 1.82) is 0 Å². The molecule has 8 heteroatoms. The Morgan fingerprint density at radius 3 is 2.69 bits per heavy atom. The molecule has 0 atom stereocenters. The van der Waals surface area contributed by atoms with Crippen LogP contribution in [0.3, 0.4) is 0 Å². The molecule has 0 N–H and O–H groups in total. The predicted molar refractivity (Wildman–Crippen MR) is 65.0 cm³/mol. The molecule has 0 amide bonds. The quantitative estimate of drug-likeness (QED) is 0.274. The van der Waals surface area contributed by atoms with E-state index in [1.165, 1.54) is 13.0 Å². The van der Waals surface area contributed by atoms with Gasteiger partial charge in [0.05, 0.1) is 6.54 Å². The maximum absolute atomic E-state index is 12.9. The van der Waals surface area contributed by atoms with Crippen molar-refractivity contribution in [3.8, 4) is 0 Å². The first-order chi connectivity index (χ1) is 7.36.